The van der Waals surface area contributed by atoms with Crippen LogP contribution in [0.2, 0.25) is 0 Å². The van der Waals surface area contributed by atoms with Crippen molar-refractivity contribution in [1.82, 2.24) is 9.80 Å². The highest BCUT2D eigenvalue weighted by Crippen LogP contribution is 2.41. The smallest absolute Gasteiger partial charge is 0.339 e. The zero-order valence-electron chi connectivity index (χ0n) is 22.6. The predicted molar refractivity (Wildman–Crippen MR) is 142 cm³/mol. The van der Waals surface area contributed by atoms with E-state index in [2.05, 4.69) is 4.90 Å². The molecule has 2 fully saturated rings. The van der Waals surface area contributed by atoms with E-state index in [1.807, 2.05) is 11.8 Å². The first-order chi connectivity index (χ1) is 18.7. The number of carbonyl (C=O) groups excluding carboxylic acids is 1. The first-order valence-electron chi connectivity index (χ1n) is 13.3. The molecule has 0 aromatic heterocycles. The highest BCUT2D eigenvalue weighted by molar-refractivity contribution is 7.99. The van der Waals surface area contributed by atoms with Crippen LogP contribution in [0.15, 0.2) is 36.4 Å². The third kappa shape index (κ3) is 6.78. The van der Waals surface area contributed by atoms with Crippen LogP contribution in [0.1, 0.15) is 66.0 Å². The molecular formula is C29H33F7N2OS. The van der Waals surface area contributed by atoms with Crippen molar-refractivity contribution in [2.45, 2.75) is 63.5 Å². The highest BCUT2D eigenvalue weighted by Gasteiger charge is 2.41. The summed E-state index contributed by atoms with van der Waals surface area (Å²) >= 11 is 1.91. The lowest BCUT2D eigenvalue weighted by molar-refractivity contribution is -0.143. The zero-order valence-corrected chi connectivity index (χ0v) is 23.4. The second-order valence-corrected chi connectivity index (χ2v) is 12.0. The van der Waals surface area contributed by atoms with E-state index in [0.717, 1.165) is 29.9 Å². The lowest BCUT2D eigenvalue weighted by atomic mass is 9.77. The Bertz CT molecular complexity index is 1180. The molecule has 3 nitrogen and oxygen atoms in total. The maximum absolute atomic E-state index is 13.9. The summed E-state index contributed by atoms with van der Waals surface area (Å²) in [6.07, 6.45) is -7.40. The summed E-state index contributed by atoms with van der Waals surface area (Å²) in [5, 5.41) is 0. The summed E-state index contributed by atoms with van der Waals surface area (Å²) in [5.74, 6) is 0.516. The molecule has 2 aliphatic rings. The van der Waals surface area contributed by atoms with Crippen LogP contribution in [0.25, 0.3) is 0 Å². The van der Waals surface area contributed by atoms with Crippen LogP contribution in [0.3, 0.4) is 0 Å². The first kappa shape index (κ1) is 30.7. The van der Waals surface area contributed by atoms with Crippen LogP contribution in [0.4, 0.5) is 30.7 Å². The van der Waals surface area contributed by atoms with Crippen LogP contribution in [0, 0.1) is 18.7 Å². The van der Waals surface area contributed by atoms with E-state index in [4.69, 9.17) is 0 Å². The van der Waals surface area contributed by atoms with Gasteiger partial charge in [-0.2, -0.15) is 38.1 Å². The highest BCUT2D eigenvalue weighted by atomic mass is 32.2. The molecule has 0 unspecified atom stereocenters. The molecule has 4 rings (SSSR count). The average molecular weight is 591 g/mol. The van der Waals surface area contributed by atoms with Gasteiger partial charge in [-0.25, -0.2) is 4.39 Å². The van der Waals surface area contributed by atoms with E-state index >= 15 is 0 Å². The van der Waals surface area contributed by atoms with Crippen molar-refractivity contribution in [3.8, 4) is 0 Å². The van der Waals surface area contributed by atoms with Crippen molar-refractivity contribution in [3.05, 3.63) is 70.0 Å². The van der Waals surface area contributed by atoms with Gasteiger partial charge in [0.2, 0.25) is 5.91 Å². The van der Waals surface area contributed by atoms with Gasteiger partial charge in [-0.3, -0.25) is 9.69 Å². The summed E-state index contributed by atoms with van der Waals surface area (Å²) in [6, 6.07) is 5.23. The lowest BCUT2D eigenvalue weighted by Crippen LogP contribution is -2.50. The fourth-order valence-electron chi connectivity index (χ4n) is 5.92. The zero-order chi connectivity index (χ0) is 29.4. The predicted octanol–water partition coefficient (Wildman–Crippen LogP) is 7.69. The molecule has 0 aliphatic carbocycles. The van der Waals surface area contributed by atoms with Gasteiger partial charge in [-0.1, -0.05) is 6.07 Å². The minimum atomic E-state index is -4.98. The van der Waals surface area contributed by atoms with Gasteiger partial charge < -0.3 is 4.90 Å². The molecule has 2 aromatic carbocycles. The van der Waals surface area contributed by atoms with Crippen LogP contribution < -0.4 is 0 Å². The summed E-state index contributed by atoms with van der Waals surface area (Å²) < 4.78 is 94.7. The SMILES string of the molecule is Cc1cc(F)ccc1[C@H]1CN(C2CCSCC2)CC[C@@H]1C(=O)N(C)[C@@H](C)c1cc(C(F)(F)F)cc(C(F)(F)F)c1. The lowest BCUT2D eigenvalue weighted by Gasteiger charge is -2.44. The molecule has 11 heteroatoms. The Morgan fingerprint density at radius 1 is 0.975 bits per heavy atom. The fraction of sp³-hybridized carbons (Fsp3) is 0.552. The topological polar surface area (TPSA) is 23.6 Å². The molecule has 0 N–H and O–H groups in total. The molecule has 2 heterocycles. The Labute approximate surface area is 234 Å². The summed E-state index contributed by atoms with van der Waals surface area (Å²) in [4.78, 5) is 17.5. The monoisotopic (exact) mass is 590 g/mol. The molecule has 220 valence electrons. The third-order valence-electron chi connectivity index (χ3n) is 8.32. The molecule has 0 radical (unpaired) electrons. The van der Waals surface area contributed by atoms with Gasteiger partial charge >= 0.3 is 12.4 Å². The van der Waals surface area contributed by atoms with E-state index in [1.54, 1.807) is 13.0 Å². The number of piperidine rings is 1. The molecule has 2 aliphatic heterocycles. The molecule has 1 amide bonds. The van der Waals surface area contributed by atoms with E-state index in [0.29, 0.717) is 43.2 Å². The minimum Gasteiger partial charge on any atom is -0.339 e. The van der Waals surface area contributed by atoms with Crippen molar-refractivity contribution in [2.75, 3.05) is 31.6 Å². The Hall–Kier alpha value is -2.27. The Kier molecular flexibility index (Phi) is 9.14. The van der Waals surface area contributed by atoms with Gasteiger partial charge in [0.1, 0.15) is 5.82 Å². The van der Waals surface area contributed by atoms with Crippen LogP contribution in [-0.4, -0.2) is 53.4 Å². The number of aryl methyl sites for hydroxylation is 1. The van der Waals surface area contributed by atoms with Crippen LogP contribution >= 0.6 is 11.8 Å². The fourth-order valence-corrected chi connectivity index (χ4v) is 7.00. The maximum atomic E-state index is 13.9. The van der Waals surface area contributed by atoms with Gasteiger partial charge in [0.15, 0.2) is 0 Å². The number of halogens is 7. The number of benzene rings is 2. The van der Waals surface area contributed by atoms with Crippen molar-refractivity contribution < 1.29 is 35.5 Å². The van der Waals surface area contributed by atoms with Gasteiger partial charge in [-0.05, 0) is 98.2 Å². The normalized spacial score (nSPS) is 22.2. The number of hydrogen-bond acceptors (Lipinski definition) is 3. The number of thioether (sulfide) groups is 1. The average Bonchev–Trinajstić information content (AvgIpc) is 2.91. The molecule has 0 saturated carbocycles. The standard InChI is InChI=1S/C29H33F7N2OS/c1-17-12-22(30)4-5-24(17)26-16-38(23-7-10-40-11-8-23)9-6-25(26)27(39)37(3)18(2)19-13-20(28(31,32)33)15-21(14-19)29(34,35)36/h4-5,12-15,18,23,25-26H,6-11,16H2,1-3H3/t18-,25-,26+/m0/s1. The third-order valence-corrected chi connectivity index (χ3v) is 9.37. The Morgan fingerprint density at radius 3 is 2.12 bits per heavy atom. The number of amides is 1. The summed E-state index contributed by atoms with van der Waals surface area (Å²) in [7, 11) is 1.42. The van der Waals surface area contributed by atoms with Crippen molar-refractivity contribution >= 4 is 17.7 Å². The maximum Gasteiger partial charge on any atom is 0.416 e. The van der Waals surface area contributed by atoms with E-state index in [-0.39, 0.29) is 23.5 Å². The number of hydrogen-bond donors (Lipinski definition) is 0. The summed E-state index contributed by atoms with van der Waals surface area (Å²) in [5.41, 5.74) is -1.54. The molecular weight excluding hydrogens is 557 g/mol. The molecule has 0 bridgehead atoms. The molecule has 3 atom stereocenters. The van der Waals surface area contributed by atoms with Gasteiger partial charge in [0, 0.05) is 31.5 Å². The van der Waals surface area contributed by atoms with Crippen molar-refractivity contribution in [2.24, 2.45) is 5.92 Å². The van der Waals surface area contributed by atoms with Crippen LogP contribution in [-0.2, 0) is 17.1 Å². The molecule has 2 saturated heterocycles. The van der Waals surface area contributed by atoms with Crippen molar-refractivity contribution in [3.63, 3.8) is 0 Å². The Balaban J connectivity index is 1.65. The van der Waals surface area contributed by atoms with E-state index in [1.165, 1.54) is 31.0 Å². The second-order valence-electron chi connectivity index (χ2n) is 10.8. The quantitative estimate of drug-likeness (QED) is 0.334. The Morgan fingerprint density at radius 2 is 1.57 bits per heavy atom. The van der Waals surface area contributed by atoms with E-state index in [9.17, 15) is 35.5 Å². The number of carbonyl (C=O) groups is 1. The molecule has 40 heavy (non-hydrogen) atoms. The second kappa shape index (κ2) is 11.9. The number of alkyl halides is 6. The number of nitrogens with zero attached hydrogens (tertiary/aromatic N) is 2. The molecule has 2 aromatic rings. The largest absolute Gasteiger partial charge is 0.416 e. The minimum absolute atomic E-state index is 0.0882. The van der Waals surface area contributed by atoms with Gasteiger partial charge in [0.25, 0.3) is 0 Å². The van der Waals surface area contributed by atoms with E-state index < -0.39 is 41.3 Å². The van der Waals surface area contributed by atoms with Gasteiger partial charge in [0.05, 0.1) is 17.2 Å². The van der Waals surface area contributed by atoms with Crippen LogP contribution in [0.5, 0.6) is 0 Å². The first-order valence-corrected chi connectivity index (χ1v) is 14.5. The van der Waals surface area contributed by atoms with Crippen molar-refractivity contribution in [1.29, 1.82) is 0 Å². The number of rotatable bonds is 5. The molecule has 0 spiro atoms. The van der Waals surface area contributed by atoms with Gasteiger partial charge in [-0.15, -0.1) is 0 Å². The number of likely N-dealkylation sites (tertiary alicyclic amines) is 1. The summed E-state index contributed by atoms with van der Waals surface area (Å²) in [6.45, 7) is 4.44.